The molecule has 0 aliphatic carbocycles. The molecule has 0 atom stereocenters. The summed E-state index contributed by atoms with van der Waals surface area (Å²) in [7, 11) is 0. The van der Waals surface area contributed by atoms with Crippen LogP contribution in [0.1, 0.15) is 15.9 Å². The van der Waals surface area contributed by atoms with Gasteiger partial charge in [0.05, 0.1) is 16.2 Å². The zero-order chi connectivity index (χ0) is 23.5. The van der Waals surface area contributed by atoms with Crippen LogP contribution in [0, 0.1) is 17.0 Å². The van der Waals surface area contributed by atoms with Crippen LogP contribution >= 0.6 is 11.6 Å². The summed E-state index contributed by atoms with van der Waals surface area (Å²) in [4.78, 5) is 23.5. The second-order valence-electron chi connectivity index (χ2n) is 7.23. The Morgan fingerprint density at radius 3 is 2.48 bits per heavy atom. The van der Waals surface area contributed by atoms with E-state index in [1.165, 1.54) is 12.1 Å². The summed E-state index contributed by atoms with van der Waals surface area (Å²) >= 11 is 5.89. The number of nitrogens with one attached hydrogen (secondary N) is 1. The van der Waals surface area contributed by atoms with Crippen molar-refractivity contribution >= 4 is 51.0 Å². The molecule has 4 rings (SSSR count). The van der Waals surface area contributed by atoms with Crippen LogP contribution in [-0.2, 0) is 0 Å². The number of phenolic OH excluding ortho intramolecular Hbond substituents is 1. The Kier molecular flexibility index (Phi) is 6.01. The molecule has 4 aromatic carbocycles. The summed E-state index contributed by atoms with van der Waals surface area (Å²) in [6.07, 6.45) is 0. The molecule has 2 N–H and O–H groups in total. The number of halogens is 1. The predicted octanol–water partition coefficient (Wildman–Crippen LogP) is 7.08. The van der Waals surface area contributed by atoms with Gasteiger partial charge in [0.25, 0.3) is 11.6 Å². The van der Waals surface area contributed by atoms with E-state index in [1.54, 1.807) is 67.6 Å². The molecular weight excluding hydrogens is 444 g/mol. The summed E-state index contributed by atoms with van der Waals surface area (Å²) < 4.78 is 0. The number of amides is 1. The van der Waals surface area contributed by atoms with Crippen molar-refractivity contribution in [2.45, 2.75) is 6.92 Å². The lowest BCUT2D eigenvalue weighted by molar-refractivity contribution is -0.384. The fraction of sp³-hybridized carbons (Fsp3) is 0.0417. The van der Waals surface area contributed by atoms with Gasteiger partial charge in [0.2, 0.25) is 0 Å². The van der Waals surface area contributed by atoms with E-state index in [0.717, 1.165) is 0 Å². The number of non-ortho nitro benzene ring substituents is 1. The molecule has 0 aliphatic heterocycles. The maximum atomic E-state index is 12.9. The van der Waals surface area contributed by atoms with Gasteiger partial charge >= 0.3 is 0 Å². The first-order chi connectivity index (χ1) is 15.8. The lowest BCUT2D eigenvalue weighted by Gasteiger charge is -2.11. The average molecular weight is 461 g/mol. The number of carbonyl (C=O) groups is 1. The van der Waals surface area contributed by atoms with Crippen molar-refractivity contribution in [2.24, 2.45) is 10.2 Å². The van der Waals surface area contributed by atoms with Gasteiger partial charge in [-0.3, -0.25) is 14.9 Å². The Labute approximate surface area is 193 Å². The molecule has 0 aliphatic rings. The minimum atomic E-state index is -0.538. The van der Waals surface area contributed by atoms with E-state index in [4.69, 9.17) is 11.6 Å². The van der Waals surface area contributed by atoms with Crippen LogP contribution < -0.4 is 5.32 Å². The third-order valence-electron chi connectivity index (χ3n) is 5.00. The van der Waals surface area contributed by atoms with Crippen LogP contribution in [0.5, 0.6) is 5.75 Å². The summed E-state index contributed by atoms with van der Waals surface area (Å²) in [5, 5.41) is 34.8. The smallest absolute Gasteiger partial charge is 0.271 e. The molecular formula is C24H17ClN4O4. The number of fused-ring (bicyclic) bond motifs is 1. The average Bonchev–Trinajstić information content (AvgIpc) is 2.80. The van der Waals surface area contributed by atoms with E-state index >= 15 is 0 Å². The number of azo groups is 1. The third kappa shape index (κ3) is 4.65. The maximum absolute atomic E-state index is 12.9. The SMILES string of the molecule is Cc1ccc([N+](=O)[O-])cc1/N=N/c1c(O)c(C(=O)Nc2ccc(Cl)cc2)cc2ccccc12. The van der Waals surface area contributed by atoms with Crippen LogP contribution in [0.15, 0.2) is 83.0 Å². The Hall–Kier alpha value is -4.30. The van der Waals surface area contributed by atoms with Gasteiger partial charge in [-0.25, -0.2) is 0 Å². The Bertz CT molecular complexity index is 1420. The lowest BCUT2D eigenvalue weighted by atomic mass is 10.0. The molecule has 4 aromatic rings. The number of hydrogen-bond acceptors (Lipinski definition) is 6. The fourth-order valence-electron chi connectivity index (χ4n) is 3.25. The van der Waals surface area contributed by atoms with Crippen LogP contribution in [0.4, 0.5) is 22.7 Å². The second kappa shape index (κ2) is 9.05. The number of carbonyl (C=O) groups excluding carboxylic acids is 1. The summed E-state index contributed by atoms with van der Waals surface area (Å²) in [5.41, 5.74) is 1.43. The quantitative estimate of drug-likeness (QED) is 0.188. The molecule has 0 saturated heterocycles. The van der Waals surface area contributed by atoms with Gasteiger partial charge in [-0.05, 0) is 48.2 Å². The highest BCUT2D eigenvalue weighted by molar-refractivity contribution is 6.30. The van der Waals surface area contributed by atoms with E-state index < -0.39 is 10.8 Å². The number of hydrogen-bond donors (Lipinski definition) is 2. The van der Waals surface area contributed by atoms with E-state index in [9.17, 15) is 20.0 Å². The first-order valence-corrected chi connectivity index (χ1v) is 10.2. The highest BCUT2D eigenvalue weighted by Gasteiger charge is 2.19. The van der Waals surface area contributed by atoms with E-state index in [2.05, 4.69) is 15.5 Å². The van der Waals surface area contributed by atoms with Gasteiger partial charge in [-0.2, -0.15) is 0 Å². The number of rotatable bonds is 5. The number of aryl methyl sites for hydroxylation is 1. The van der Waals surface area contributed by atoms with Gasteiger partial charge in [0.1, 0.15) is 5.69 Å². The van der Waals surface area contributed by atoms with Crippen molar-refractivity contribution in [3.05, 3.63) is 99.1 Å². The Morgan fingerprint density at radius 2 is 1.76 bits per heavy atom. The molecule has 164 valence electrons. The molecule has 0 aromatic heterocycles. The molecule has 1 amide bonds. The van der Waals surface area contributed by atoms with Crippen molar-refractivity contribution in [3.8, 4) is 5.75 Å². The summed E-state index contributed by atoms with van der Waals surface area (Å²) in [5.74, 6) is -0.893. The summed E-state index contributed by atoms with van der Waals surface area (Å²) in [6.45, 7) is 1.74. The largest absolute Gasteiger partial charge is 0.505 e. The molecule has 33 heavy (non-hydrogen) atoms. The lowest BCUT2D eigenvalue weighted by Crippen LogP contribution is -2.12. The number of nitro groups is 1. The summed E-state index contributed by atoms with van der Waals surface area (Å²) in [6, 6.07) is 19.5. The molecule has 0 unspecified atom stereocenters. The number of nitrogens with zero attached hydrogens (tertiary/aromatic N) is 3. The van der Waals surface area contributed by atoms with Crippen LogP contribution in [0.25, 0.3) is 10.8 Å². The van der Waals surface area contributed by atoms with Crippen molar-refractivity contribution < 1.29 is 14.8 Å². The molecule has 9 heteroatoms. The van der Waals surface area contributed by atoms with Crippen molar-refractivity contribution in [1.82, 2.24) is 0 Å². The fourth-order valence-corrected chi connectivity index (χ4v) is 3.37. The van der Waals surface area contributed by atoms with E-state index in [-0.39, 0.29) is 28.4 Å². The van der Waals surface area contributed by atoms with Crippen molar-refractivity contribution in [1.29, 1.82) is 0 Å². The third-order valence-corrected chi connectivity index (χ3v) is 5.26. The molecule has 8 nitrogen and oxygen atoms in total. The van der Waals surface area contributed by atoms with Gasteiger partial charge in [-0.15, -0.1) is 10.2 Å². The second-order valence-corrected chi connectivity index (χ2v) is 7.67. The molecule has 0 saturated carbocycles. The zero-order valence-electron chi connectivity index (χ0n) is 17.3. The highest BCUT2D eigenvalue weighted by Crippen LogP contribution is 2.40. The van der Waals surface area contributed by atoms with Crippen LogP contribution in [0.2, 0.25) is 5.02 Å². The first kappa shape index (κ1) is 21.9. The van der Waals surface area contributed by atoms with Crippen molar-refractivity contribution in [2.75, 3.05) is 5.32 Å². The number of aromatic hydroxyl groups is 1. The maximum Gasteiger partial charge on any atom is 0.271 e. The van der Waals surface area contributed by atoms with Crippen LogP contribution in [0.3, 0.4) is 0 Å². The molecule has 0 fully saturated rings. The molecule has 0 heterocycles. The zero-order valence-corrected chi connectivity index (χ0v) is 18.1. The minimum absolute atomic E-state index is 0.00774. The standard InChI is InChI=1S/C24H17ClN4O4/c1-14-6-11-18(29(32)33)13-21(14)27-28-22-19-5-3-2-4-15(19)12-20(23(22)30)24(31)26-17-9-7-16(25)8-10-17/h2-13,30H,1H3,(H,26,31)/b28-27+. The highest BCUT2D eigenvalue weighted by atomic mass is 35.5. The Morgan fingerprint density at radius 1 is 1.03 bits per heavy atom. The van der Waals surface area contributed by atoms with Crippen molar-refractivity contribution in [3.63, 3.8) is 0 Å². The van der Waals surface area contributed by atoms with Crippen LogP contribution in [-0.4, -0.2) is 15.9 Å². The number of phenols is 1. The van der Waals surface area contributed by atoms with E-state index in [0.29, 0.717) is 27.0 Å². The molecule has 0 radical (unpaired) electrons. The number of anilines is 1. The van der Waals surface area contributed by atoms with Gasteiger partial charge in [0.15, 0.2) is 5.75 Å². The number of nitro benzene ring substituents is 1. The topological polar surface area (TPSA) is 117 Å². The van der Waals surface area contributed by atoms with E-state index in [1.807, 2.05) is 0 Å². The monoisotopic (exact) mass is 460 g/mol. The molecule has 0 spiro atoms. The first-order valence-electron chi connectivity index (χ1n) is 9.82. The normalized spacial score (nSPS) is 11.1. The molecule has 0 bridgehead atoms. The predicted molar refractivity (Wildman–Crippen MR) is 127 cm³/mol. The number of benzene rings is 4. The minimum Gasteiger partial charge on any atom is -0.505 e. The van der Waals surface area contributed by atoms with Gasteiger partial charge in [0, 0.05) is 28.2 Å². The van der Waals surface area contributed by atoms with Gasteiger partial charge < -0.3 is 10.4 Å². The van der Waals surface area contributed by atoms with Gasteiger partial charge in [-0.1, -0.05) is 41.9 Å². The Balaban J connectivity index is 1.78.